The average molecular weight is 213 g/mol. The van der Waals surface area contributed by atoms with Gasteiger partial charge in [0.05, 0.1) is 5.56 Å². The number of pyridine rings is 1. The van der Waals surface area contributed by atoms with E-state index in [1.165, 1.54) is 11.9 Å². The van der Waals surface area contributed by atoms with Gasteiger partial charge in [0.15, 0.2) is 0 Å². The molecule has 0 atom stereocenters. The molecule has 0 aromatic carbocycles. The normalized spacial score (nSPS) is 13.8. The smallest absolute Gasteiger partial charge is 0.256 e. The fourth-order valence-electron chi connectivity index (χ4n) is 2.17. The molecule has 1 N–H and O–H groups in total. The molecule has 1 aliphatic rings. The molecule has 80 valence electrons. The molecule has 0 spiro atoms. The van der Waals surface area contributed by atoms with Crippen molar-refractivity contribution in [1.82, 2.24) is 15.0 Å². The van der Waals surface area contributed by atoms with Crippen molar-refractivity contribution in [2.75, 3.05) is 0 Å². The fourth-order valence-corrected chi connectivity index (χ4v) is 2.17. The van der Waals surface area contributed by atoms with Gasteiger partial charge in [0.25, 0.3) is 5.56 Å². The third-order valence-corrected chi connectivity index (χ3v) is 2.96. The molecule has 0 saturated carbocycles. The van der Waals surface area contributed by atoms with E-state index in [4.69, 9.17) is 0 Å². The van der Waals surface area contributed by atoms with Crippen LogP contribution < -0.4 is 5.56 Å². The van der Waals surface area contributed by atoms with Gasteiger partial charge in [-0.3, -0.25) is 4.79 Å². The summed E-state index contributed by atoms with van der Waals surface area (Å²) in [6.45, 7) is 0. The van der Waals surface area contributed by atoms with Crippen molar-refractivity contribution < 1.29 is 0 Å². The minimum Gasteiger partial charge on any atom is -0.325 e. The summed E-state index contributed by atoms with van der Waals surface area (Å²) in [4.78, 5) is 22.7. The van der Waals surface area contributed by atoms with Crippen molar-refractivity contribution >= 4 is 0 Å². The van der Waals surface area contributed by atoms with Crippen molar-refractivity contribution in [3.05, 3.63) is 46.4 Å². The molecule has 0 radical (unpaired) electrons. The van der Waals surface area contributed by atoms with Crippen LogP contribution in [-0.2, 0) is 12.8 Å². The molecule has 4 nitrogen and oxygen atoms in total. The van der Waals surface area contributed by atoms with Crippen molar-refractivity contribution in [2.45, 2.75) is 19.3 Å². The zero-order valence-corrected chi connectivity index (χ0v) is 8.73. The van der Waals surface area contributed by atoms with Crippen LogP contribution >= 0.6 is 0 Å². The third-order valence-electron chi connectivity index (χ3n) is 2.96. The van der Waals surface area contributed by atoms with Crippen molar-refractivity contribution in [2.24, 2.45) is 0 Å². The van der Waals surface area contributed by atoms with Crippen LogP contribution in [0.1, 0.15) is 17.7 Å². The maximum atomic E-state index is 11.9. The summed E-state index contributed by atoms with van der Waals surface area (Å²) in [5, 5.41) is 0. The number of H-pyrrole nitrogens is 1. The Morgan fingerprint density at radius 1 is 1.19 bits per heavy atom. The summed E-state index contributed by atoms with van der Waals surface area (Å²) in [7, 11) is 0. The van der Waals surface area contributed by atoms with E-state index in [2.05, 4.69) is 15.0 Å². The molecule has 0 bridgehead atoms. The van der Waals surface area contributed by atoms with E-state index in [-0.39, 0.29) is 5.56 Å². The number of aromatic amines is 1. The number of fused-ring (bicyclic) bond motifs is 1. The molecule has 3 rings (SSSR count). The van der Waals surface area contributed by atoms with Crippen LogP contribution in [0.4, 0.5) is 0 Å². The number of aromatic nitrogens is 3. The van der Waals surface area contributed by atoms with Crippen LogP contribution in [0, 0.1) is 0 Å². The molecule has 2 aromatic rings. The van der Waals surface area contributed by atoms with Crippen LogP contribution in [0.2, 0.25) is 0 Å². The predicted molar refractivity (Wildman–Crippen MR) is 60.1 cm³/mol. The molecule has 16 heavy (non-hydrogen) atoms. The minimum absolute atomic E-state index is 0.0459. The monoisotopic (exact) mass is 213 g/mol. The summed E-state index contributed by atoms with van der Waals surface area (Å²) in [5.74, 6) is 0. The molecule has 4 heteroatoms. The summed E-state index contributed by atoms with van der Waals surface area (Å²) >= 11 is 0. The van der Waals surface area contributed by atoms with E-state index in [0.717, 1.165) is 30.5 Å². The molecule has 2 heterocycles. The van der Waals surface area contributed by atoms with Gasteiger partial charge in [0, 0.05) is 23.7 Å². The first-order valence-electron chi connectivity index (χ1n) is 5.35. The molecule has 0 fully saturated rings. The number of hydrogen-bond donors (Lipinski definition) is 1. The highest BCUT2D eigenvalue weighted by Crippen LogP contribution is 2.22. The lowest BCUT2D eigenvalue weighted by atomic mass is 10.1. The molecule has 0 unspecified atom stereocenters. The second-order valence-corrected chi connectivity index (χ2v) is 4.00. The standard InChI is InChI=1S/C12H11N3O/c16-12-10(9-5-13-7-14-6-9)4-8-2-1-3-11(8)15-12/h4-7H,1-3H2,(H,15,16). The molecular weight excluding hydrogens is 202 g/mol. The average Bonchev–Trinajstić information content (AvgIpc) is 2.76. The van der Waals surface area contributed by atoms with Crippen LogP contribution in [0.3, 0.4) is 0 Å². The highest BCUT2D eigenvalue weighted by Gasteiger charge is 2.14. The van der Waals surface area contributed by atoms with E-state index in [1.807, 2.05) is 6.07 Å². The Hall–Kier alpha value is -1.97. The summed E-state index contributed by atoms with van der Waals surface area (Å²) in [6.07, 6.45) is 7.95. The topological polar surface area (TPSA) is 58.6 Å². The lowest BCUT2D eigenvalue weighted by Crippen LogP contribution is -2.11. The van der Waals surface area contributed by atoms with Crippen LogP contribution in [0.15, 0.2) is 29.6 Å². The largest absolute Gasteiger partial charge is 0.325 e. The SMILES string of the molecule is O=c1[nH]c2c(cc1-c1cncnc1)CCC2. The number of nitrogens with one attached hydrogen (secondary N) is 1. The zero-order valence-electron chi connectivity index (χ0n) is 8.73. The summed E-state index contributed by atoms with van der Waals surface area (Å²) in [5.41, 5.74) is 3.74. The van der Waals surface area contributed by atoms with Gasteiger partial charge in [0.1, 0.15) is 6.33 Å². The Labute approximate surface area is 92.4 Å². The first-order valence-corrected chi connectivity index (χ1v) is 5.35. The zero-order chi connectivity index (χ0) is 11.0. The van der Waals surface area contributed by atoms with Crippen LogP contribution in [-0.4, -0.2) is 15.0 Å². The summed E-state index contributed by atoms with van der Waals surface area (Å²) < 4.78 is 0. The number of nitrogens with zero attached hydrogens (tertiary/aromatic N) is 2. The molecule has 1 aliphatic carbocycles. The Bertz CT molecular complexity index is 575. The van der Waals surface area contributed by atoms with E-state index in [9.17, 15) is 4.79 Å². The lowest BCUT2D eigenvalue weighted by molar-refractivity contribution is 0.897. The van der Waals surface area contributed by atoms with E-state index < -0.39 is 0 Å². The first-order chi connectivity index (χ1) is 7.84. The Morgan fingerprint density at radius 3 is 2.81 bits per heavy atom. The predicted octanol–water partition coefficient (Wildman–Crippen LogP) is 1.32. The number of hydrogen-bond acceptors (Lipinski definition) is 3. The molecule has 0 aliphatic heterocycles. The van der Waals surface area contributed by atoms with E-state index in [0.29, 0.717) is 5.56 Å². The molecule has 0 saturated heterocycles. The van der Waals surface area contributed by atoms with E-state index >= 15 is 0 Å². The lowest BCUT2D eigenvalue weighted by Gasteiger charge is -2.03. The van der Waals surface area contributed by atoms with Crippen LogP contribution in [0.25, 0.3) is 11.1 Å². The second-order valence-electron chi connectivity index (χ2n) is 4.00. The second kappa shape index (κ2) is 3.56. The minimum atomic E-state index is -0.0459. The van der Waals surface area contributed by atoms with Gasteiger partial charge in [-0.25, -0.2) is 9.97 Å². The summed E-state index contributed by atoms with van der Waals surface area (Å²) in [6, 6.07) is 1.97. The van der Waals surface area contributed by atoms with Gasteiger partial charge in [0.2, 0.25) is 0 Å². The van der Waals surface area contributed by atoms with Gasteiger partial charge >= 0.3 is 0 Å². The Morgan fingerprint density at radius 2 is 2.00 bits per heavy atom. The number of rotatable bonds is 1. The molecular formula is C12H11N3O. The van der Waals surface area contributed by atoms with E-state index in [1.54, 1.807) is 12.4 Å². The quantitative estimate of drug-likeness (QED) is 0.777. The van der Waals surface area contributed by atoms with Crippen molar-refractivity contribution in [3.63, 3.8) is 0 Å². The number of aryl methyl sites for hydroxylation is 2. The first kappa shape index (κ1) is 9.27. The van der Waals surface area contributed by atoms with Crippen molar-refractivity contribution in [3.8, 4) is 11.1 Å². The maximum absolute atomic E-state index is 11.9. The third kappa shape index (κ3) is 1.43. The molecule has 2 aromatic heterocycles. The van der Waals surface area contributed by atoms with Gasteiger partial charge < -0.3 is 4.98 Å². The van der Waals surface area contributed by atoms with Gasteiger partial charge in [-0.05, 0) is 30.9 Å². The maximum Gasteiger partial charge on any atom is 0.256 e. The highest BCUT2D eigenvalue weighted by molar-refractivity contribution is 5.61. The van der Waals surface area contributed by atoms with Crippen LogP contribution in [0.5, 0.6) is 0 Å². The Balaban J connectivity index is 2.19. The highest BCUT2D eigenvalue weighted by atomic mass is 16.1. The molecule has 0 amide bonds. The van der Waals surface area contributed by atoms with Gasteiger partial charge in [-0.1, -0.05) is 0 Å². The van der Waals surface area contributed by atoms with Crippen molar-refractivity contribution in [1.29, 1.82) is 0 Å². The fraction of sp³-hybridized carbons (Fsp3) is 0.250. The van der Waals surface area contributed by atoms with Gasteiger partial charge in [-0.2, -0.15) is 0 Å². The van der Waals surface area contributed by atoms with Gasteiger partial charge in [-0.15, -0.1) is 0 Å². The Kier molecular flexibility index (Phi) is 2.06.